The summed E-state index contributed by atoms with van der Waals surface area (Å²) in [6, 6.07) is 19.4. The highest BCUT2D eigenvalue weighted by Crippen LogP contribution is 2.27. The first-order valence-corrected chi connectivity index (χ1v) is 11.6. The number of benzene rings is 2. The topological polar surface area (TPSA) is 61.4 Å². The number of carbonyl (C=O) groups excluding carboxylic acids is 2. The zero-order chi connectivity index (χ0) is 21.5. The minimum atomic E-state index is -0.126. The van der Waals surface area contributed by atoms with Gasteiger partial charge < -0.3 is 15.5 Å². The maximum absolute atomic E-state index is 13.1. The van der Waals surface area contributed by atoms with Crippen molar-refractivity contribution in [2.24, 2.45) is 0 Å². The lowest BCUT2D eigenvalue weighted by molar-refractivity contribution is -0.115. The summed E-state index contributed by atoms with van der Waals surface area (Å²) < 4.78 is 0. The molecule has 6 heteroatoms. The van der Waals surface area contributed by atoms with Gasteiger partial charge in [0.15, 0.2) is 0 Å². The third-order valence-electron chi connectivity index (χ3n) is 5.43. The van der Waals surface area contributed by atoms with Gasteiger partial charge in [0.2, 0.25) is 5.91 Å². The average molecular weight is 434 g/mol. The molecule has 4 rings (SSSR count). The normalized spacial score (nSPS) is 13.6. The van der Waals surface area contributed by atoms with Gasteiger partial charge in [-0.1, -0.05) is 36.4 Å². The SMILES string of the molecule is O=C(Cc1cccs1)Nc1ccc(N2CCCCC2)c(C(=O)NCc2ccccc2)c1. The first-order valence-electron chi connectivity index (χ1n) is 10.7. The van der Waals surface area contributed by atoms with Crippen molar-refractivity contribution >= 4 is 34.5 Å². The highest BCUT2D eigenvalue weighted by molar-refractivity contribution is 7.10. The molecular formula is C25H27N3O2S. The van der Waals surface area contributed by atoms with E-state index in [-0.39, 0.29) is 11.8 Å². The Morgan fingerprint density at radius 2 is 1.74 bits per heavy atom. The molecule has 0 spiro atoms. The highest BCUT2D eigenvalue weighted by atomic mass is 32.1. The number of thiophene rings is 1. The Hall–Kier alpha value is -3.12. The molecule has 0 atom stereocenters. The van der Waals surface area contributed by atoms with E-state index in [0.717, 1.165) is 42.1 Å². The molecule has 2 aromatic carbocycles. The molecule has 5 nitrogen and oxygen atoms in total. The lowest BCUT2D eigenvalue weighted by Gasteiger charge is -2.30. The Morgan fingerprint density at radius 1 is 0.935 bits per heavy atom. The Kier molecular flexibility index (Phi) is 6.99. The molecule has 0 bridgehead atoms. The van der Waals surface area contributed by atoms with E-state index in [1.807, 2.05) is 60.0 Å². The second-order valence-corrected chi connectivity index (χ2v) is 8.78. The number of hydrogen-bond acceptors (Lipinski definition) is 4. The van der Waals surface area contributed by atoms with Crippen LogP contribution in [0.1, 0.15) is 40.1 Å². The van der Waals surface area contributed by atoms with Crippen LogP contribution in [0.5, 0.6) is 0 Å². The van der Waals surface area contributed by atoms with Crippen LogP contribution < -0.4 is 15.5 Å². The van der Waals surface area contributed by atoms with Gasteiger partial charge in [0.25, 0.3) is 5.91 Å². The van der Waals surface area contributed by atoms with E-state index < -0.39 is 0 Å². The molecule has 160 valence electrons. The van der Waals surface area contributed by atoms with Gasteiger partial charge >= 0.3 is 0 Å². The predicted octanol–water partition coefficient (Wildman–Crippen LogP) is 4.85. The van der Waals surface area contributed by atoms with Crippen LogP contribution >= 0.6 is 11.3 Å². The van der Waals surface area contributed by atoms with Crippen molar-refractivity contribution in [2.75, 3.05) is 23.3 Å². The molecule has 3 aromatic rings. The summed E-state index contributed by atoms with van der Waals surface area (Å²) in [6.45, 7) is 2.36. The van der Waals surface area contributed by atoms with E-state index in [1.165, 1.54) is 6.42 Å². The lowest BCUT2D eigenvalue weighted by atomic mass is 10.1. The molecule has 1 aromatic heterocycles. The number of amides is 2. The van der Waals surface area contributed by atoms with Crippen molar-refractivity contribution in [3.05, 3.63) is 82.0 Å². The number of nitrogens with one attached hydrogen (secondary N) is 2. The number of anilines is 2. The van der Waals surface area contributed by atoms with Crippen LogP contribution in [0, 0.1) is 0 Å². The van der Waals surface area contributed by atoms with Crippen LogP contribution in [0.25, 0.3) is 0 Å². The fraction of sp³-hybridized carbons (Fsp3) is 0.280. The van der Waals surface area contributed by atoms with E-state index in [4.69, 9.17) is 0 Å². The Bertz CT molecular complexity index is 1010. The van der Waals surface area contributed by atoms with Crippen molar-refractivity contribution in [3.63, 3.8) is 0 Å². The quantitative estimate of drug-likeness (QED) is 0.560. The van der Waals surface area contributed by atoms with Crippen LogP contribution in [-0.4, -0.2) is 24.9 Å². The van der Waals surface area contributed by atoms with E-state index in [9.17, 15) is 9.59 Å². The molecule has 0 aliphatic carbocycles. The number of rotatable bonds is 7. The van der Waals surface area contributed by atoms with E-state index >= 15 is 0 Å². The molecule has 1 saturated heterocycles. The third-order valence-corrected chi connectivity index (χ3v) is 6.31. The fourth-order valence-electron chi connectivity index (χ4n) is 3.86. The number of nitrogens with zero attached hydrogens (tertiary/aromatic N) is 1. The van der Waals surface area contributed by atoms with Gasteiger partial charge in [-0.2, -0.15) is 0 Å². The van der Waals surface area contributed by atoms with Gasteiger partial charge in [-0.15, -0.1) is 11.3 Å². The lowest BCUT2D eigenvalue weighted by Crippen LogP contribution is -2.32. The zero-order valence-electron chi connectivity index (χ0n) is 17.5. The van der Waals surface area contributed by atoms with Gasteiger partial charge in [-0.25, -0.2) is 0 Å². The van der Waals surface area contributed by atoms with Gasteiger partial charge in [0, 0.05) is 35.9 Å². The Balaban J connectivity index is 1.52. The van der Waals surface area contributed by atoms with Crippen molar-refractivity contribution in [2.45, 2.75) is 32.2 Å². The molecular weight excluding hydrogens is 406 g/mol. The van der Waals surface area contributed by atoms with Crippen LogP contribution in [0.3, 0.4) is 0 Å². The molecule has 1 fully saturated rings. The third kappa shape index (κ3) is 5.73. The van der Waals surface area contributed by atoms with E-state index in [2.05, 4.69) is 15.5 Å². The minimum Gasteiger partial charge on any atom is -0.371 e. The highest BCUT2D eigenvalue weighted by Gasteiger charge is 2.20. The molecule has 1 aliphatic heterocycles. The molecule has 0 radical (unpaired) electrons. The van der Waals surface area contributed by atoms with Crippen molar-refractivity contribution < 1.29 is 9.59 Å². The van der Waals surface area contributed by atoms with Crippen molar-refractivity contribution in [1.29, 1.82) is 0 Å². The Morgan fingerprint density at radius 3 is 2.48 bits per heavy atom. The van der Waals surface area contributed by atoms with Crippen molar-refractivity contribution in [3.8, 4) is 0 Å². The van der Waals surface area contributed by atoms with E-state index in [0.29, 0.717) is 24.2 Å². The summed E-state index contributed by atoms with van der Waals surface area (Å²) in [5, 5.41) is 7.95. The monoisotopic (exact) mass is 433 g/mol. The number of hydrogen-bond donors (Lipinski definition) is 2. The number of piperidine rings is 1. The smallest absolute Gasteiger partial charge is 0.253 e. The minimum absolute atomic E-state index is 0.0798. The first kappa shape index (κ1) is 21.1. The summed E-state index contributed by atoms with van der Waals surface area (Å²) >= 11 is 1.56. The largest absolute Gasteiger partial charge is 0.371 e. The average Bonchev–Trinajstić information content (AvgIpc) is 3.31. The summed E-state index contributed by atoms with van der Waals surface area (Å²) in [5.74, 6) is -0.206. The van der Waals surface area contributed by atoms with Crippen LogP contribution in [0.4, 0.5) is 11.4 Å². The standard InChI is InChI=1S/C25H27N3O2S/c29-24(17-21-10-7-15-31-21)27-20-11-12-23(28-13-5-2-6-14-28)22(16-20)25(30)26-18-19-8-3-1-4-9-19/h1,3-4,7-12,15-16H,2,5-6,13-14,17-18H2,(H,26,30)(H,27,29). The maximum Gasteiger partial charge on any atom is 0.253 e. The molecule has 0 unspecified atom stereocenters. The molecule has 2 N–H and O–H groups in total. The van der Waals surface area contributed by atoms with Gasteiger partial charge in [0.05, 0.1) is 12.0 Å². The second kappa shape index (κ2) is 10.3. The molecule has 1 aliphatic rings. The second-order valence-electron chi connectivity index (χ2n) is 7.75. The van der Waals surface area contributed by atoms with Gasteiger partial charge in [-0.3, -0.25) is 9.59 Å². The summed E-state index contributed by atoms with van der Waals surface area (Å²) in [6.07, 6.45) is 3.82. The fourth-order valence-corrected chi connectivity index (χ4v) is 4.56. The zero-order valence-corrected chi connectivity index (χ0v) is 18.3. The maximum atomic E-state index is 13.1. The molecule has 2 heterocycles. The molecule has 31 heavy (non-hydrogen) atoms. The summed E-state index contributed by atoms with van der Waals surface area (Å²) in [5.41, 5.74) is 3.23. The summed E-state index contributed by atoms with van der Waals surface area (Å²) in [7, 11) is 0. The van der Waals surface area contributed by atoms with Crippen LogP contribution in [0.2, 0.25) is 0 Å². The Labute approximate surface area is 187 Å². The molecule has 2 amide bonds. The number of carbonyl (C=O) groups is 2. The van der Waals surface area contributed by atoms with Gasteiger partial charge in [0.1, 0.15) is 0 Å². The van der Waals surface area contributed by atoms with Gasteiger partial charge in [-0.05, 0) is 54.5 Å². The van der Waals surface area contributed by atoms with Crippen molar-refractivity contribution in [1.82, 2.24) is 5.32 Å². The first-order chi connectivity index (χ1) is 15.2. The van der Waals surface area contributed by atoms with E-state index in [1.54, 1.807) is 17.4 Å². The van der Waals surface area contributed by atoms with Crippen LogP contribution in [0.15, 0.2) is 66.0 Å². The predicted molar refractivity (Wildman–Crippen MR) is 127 cm³/mol. The summed E-state index contributed by atoms with van der Waals surface area (Å²) in [4.78, 5) is 28.9. The van der Waals surface area contributed by atoms with Crippen LogP contribution in [-0.2, 0) is 17.8 Å². The molecule has 0 saturated carbocycles.